The number of hydrogen-bond acceptors (Lipinski definition) is 4. The number of carbonyl (C=O) groups excluding carboxylic acids is 2. The molecule has 0 fully saturated rings. The van der Waals surface area contributed by atoms with Gasteiger partial charge >= 0.3 is 0 Å². The molecular weight excluding hydrogens is 308 g/mol. The van der Waals surface area contributed by atoms with Crippen LogP contribution < -0.4 is 10.6 Å². The SMILES string of the molecule is CNC(=O)c1cc(C(=O)NC(C)CO)n(C(C)c2ccccc2)n1. The molecule has 128 valence electrons. The molecule has 7 heteroatoms. The minimum Gasteiger partial charge on any atom is -0.394 e. The van der Waals surface area contributed by atoms with Crippen LogP contribution in [-0.2, 0) is 0 Å². The van der Waals surface area contributed by atoms with Crippen LogP contribution in [0.5, 0.6) is 0 Å². The lowest BCUT2D eigenvalue weighted by molar-refractivity contribution is 0.0909. The molecule has 24 heavy (non-hydrogen) atoms. The predicted octanol–water partition coefficient (Wildman–Crippen LogP) is 0.963. The largest absolute Gasteiger partial charge is 0.394 e. The summed E-state index contributed by atoms with van der Waals surface area (Å²) in [6.07, 6.45) is 0. The highest BCUT2D eigenvalue weighted by Crippen LogP contribution is 2.20. The highest BCUT2D eigenvalue weighted by atomic mass is 16.3. The summed E-state index contributed by atoms with van der Waals surface area (Å²) in [6, 6.07) is 10.4. The number of aliphatic hydroxyl groups excluding tert-OH is 1. The van der Waals surface area contributed by atoms with E-state index < -0.39 is 6.04 Å². The van der Waals surface area contributed by atoms with Crippen molar-refractivity contribution in [3.63, 3.8) is 0 Å². The lowest BCUT2D eigenvalue weighted by Crippen LogP contribution is -2.36. The third kappa shape index (κ3) is 3.80. The highest BCUT2D eigenvalue weighted by Gasteiger charge is 2.23. The molecule has 0 aliphatic carbocycles. The third-order valence-electron chi connectivity index (χ3n) is 3.73. The number of rotatable bonds is 6. The zero-order chi connectivity index (χ0) is 17.7. The summed E-state index contributed by atoms with van der Waals surface area (Å²) in [5, 5.41) is 18.6. The van der Waals surface area contributed by atoms with Crippen LogP contribution in [0.1, 0.15) is 46.4 Å². The van der Waals surface area contributed by atoms with Gasteiger partial charge in [0.05, 0.1) is 12.6 Å². The first kappa shape index (κ1) is 17.7. The molecule has 1 aromatic carbocycles. The summed E-state index contributed by atoms with van der Waals surface area (Å²) in [7, 11) is 1.51. The fourth-order valence-electron chi connectivity index (χ4n) is 2.31. The Bertz CT molecular complexity index is 712. The Balaban J connectivity index is 2.42. The van der Waals surface area contributed by atoms with Gasteiger partial charge in [-0.1, -0.05) is 30.3 Å². The molecule has 7 nitrogen and oxygen atoms in total. The second-order valence-electron chi connectivity index (χ2n) is 5.58. The standard InChI is InChI=1S/C17H22N4O3/c1-11(10-22)19-17(24)15-9-14(16(23)18-3)20-21(15)12(2)13-7-5-4-6-8-13/h4-9,11-12,22H,10H2,1-3H3,(H,18,23)(H,19,24). The van der Waals surface area contributed by atoms with Gasteiger partial charge in [-0.15, -0.1) is 0 Å². The minimum atomic E-state index is -0.392. The Morgan fingerprint density at radius 3 is 2.46 bits per heavy atom. The van der Waals surface area contributed by atoms with Crippen LogP contribution in [-0.4, -0.2) is 46.4 Å². The monoisotopic (exact) mass is 330 g/mol. The fourth-order valence-corrected chi connectivity index (χ4v) is 2.31. The van der Waals surface area contributed by atoms with E-state index in [9.17, 15) is 9.59 Å². The average Bonchev–Trinajstić information content (AvgIpc) is 3.06. The number of carbonyl (C=O) groups is 2. The number of nitrogens with zero attached hydrogens (tertiary/aromatic N) is 2. The Morgan fingerprint density at radius 2 is 1.88 bits per heavy atom. The van der Waals surface area contributed by atoms with E-state index in [1.165, 1.54) is 17.8 Å². The van der Waals surface area contributed by atoms with E-state index in [1.54, 1.807) is 6.92 Å². The van der Waals surface area contributed by atoms with Crippen molar-refractivity contribution in [2.24, 2.45) is 0 Å². The second-order valence-corrected chi connectivity index (χ2v) is 5.58. The Kier molecular flexibility index (Phi) is 5.70. The van der Waals surface area contributed by atoms with Gasteiger partial charge in [0, 0.05) is 19.2 Å². The van der Waals surface area contributed by atoms with Gasteiger partial charge in [0.25, 0.3) is 11.8 Å². The number of aliphatic hydroxyl groups is 1. The highest BCUT2D eigenvalue weighted by molar-refractivity contribution is 5.98. The van der Waals surface area contributed by atoms with Crippen molar-refractivity contribution in [1.82, 2.24) is 20.4 Å². The van der Waals surface area contributed by atoms with Gasteiger partial charge in [-0.3, -0.25) is 14.3 Å². The molecule has 3 N–H and O–H groups in total. The van der Waals surface area contributed by atoms with Gasteiger partial charge < -0.3 is 15.7 Å². The van der Waals surface area contributed by atoms with Crippen molar-refractivity contribution in [2.75, 3.05) is 13.7 Å². The van der Waals surface area contributed by atoms with Gasteiger partial charge in [-0.25, -0.2) is 0 Å². The molecule has 0 aliphatic rings. The molecule has 0 aliphatic heterocycles. The summed E-state index contributed by atoms with van der Waals surface area (Å²) in [6.45, 7) is 3.43. The summed E-state index contributed by atoms with van der Waals surface area (Å²) in [5.41, 5.74) is 1.40. The molecule has 0 spiro atoms. The molecule has 2 amide bonds. The van der Waals surface area contributed by atoms with E-state index in [0.29, 0.717) is 0 Å². The maximum Gasteiger partial charge on any atom is 0.271 e. The summed E-state index contributed by atoms with van der Waals surface area (Å²) < 4.78 is 1.53. The van der Waals surface area contributed by atoms with E-state index in [2.05, 4.69) is 15.7 Å². The topological polar surface area (TPSA) is 96.3 Å². The quantitative estimate of drug-likeness (QED) is 0.735. The Morgan fingerprint density at radius 1 is 1.21 bits per heavy atom. The fraction of sp³-hybridized carbons (Fsp3) is 0.353. The molecule has 2 atom stereocenters. The molecule has 2 unspecified atom stereocenters. The number of nitrogens with one attached hydrogen (secondary N) is 2. The van der Waals surface area contributed by atoms with Crippen molar-refractivity contribution in [1.29, 1.82) is 0 Å². The molecule has 2 rings (SSSR count). The van der Waals surface area contributed by atoms with Gasteiger partial charge in [0.15, 0.2) is 5.69 Å². The average molecular weight is 330 g/mol. The first-order valence-electron chi connectivity index (χ1n) is 7.76. The van der Waals surface area contributed by atoms with Crippen LogP contribution >= 0.6 is 0 Å². The lowest BCUT2D eigenvalue weighted by atomic mass is 10.1. The smallest absolute Gasteiger partial charge is 0.271 e. The van der Waals surface area contributed by atoms with E-state index in [4.69, 9.17) is 5.11 Å². The molecule has 0 bridgehead atoms. The number of amides is 2. The first-order chi connectivity index (χ1) is 11.5. The maximum atomic E-state index is 12.5. The second kappa shape index (κ2) is 7.74. The van der Waals surface area contributed by atoms with Crippen LogP contribution in [0.15, 0.2) is 36.4 Å². The lowest BCUT2D eigenvalue weighted by Gasteiger charge is -2.17. The molecule has 1 heterocycles. The van der Waals surface area contributed by atoms with Gasteiger partial charge in [0.1, 0.15) is 5.69 Å². The zero-order valence-corrected chi connectivity index (χ0v) is 14.0. The van der Waals surface area contributed by atoms with Crippen molar-refractivity contribution < 1.29 is 14.7 Å². The molecule has 1 aromatic heterocycles. The molecule has 0 saturated heterocycles. The molecular formula is C17H22N4O3. The van der Waals surface area contributed by atoms with E-state index >= 15 is 0 Å². The van der Waals surface area contributed by atoms with E-state index in [0.717, 1.165) is 5.56 Å². The molecule has 0 radical (unpaired) electrons. The predicted molar refractivity (Wildman–Crippen MR) is 89.9 cm³/mol. The maximum absolute atomic E-state index is 12.5. The van der Waals surface area contributed by atoms with Gasteiger partial charge in [-0.2, -0.15) is 5.10 Å². The van der Waals surface area contributed by atoms with Crippen LogP contribution in [0.3, 0.4) is 0 Å². The van der Waals surface area contributed by atoms with Crippen molar-refractivity contribution in [2.45, 2.75) is 25.9 Å². The number of aromatic nitrogens is 2. The third-order valence-corrected chi connectivity index (χ3v) is 3.73. The summed E-state index contributed by atoms with van der Waals surface area (Å²) in [4.78, 5) is 24.4. The number of hydrogen-bond donors (Lipinski definition) is 3. The Hall–Kier alpha value is -2.67. The Labute approximate surface area is 140 Å². The van der Waals surface area contributed by atoms with Gasteiger partial charge in [-0.05, 0) is 19.4 Å². The minimum absolute atomic E-state index is 0.169. The normalized spacial score (nSPS) is 13.2. The van der Waals surface area contributed by atoms with Gasteiger partial charge in [0.2, 0.25) is 0 Å². The van der Waals surface area contributed by atoms with Crippen molar-refractivity contribution in [3.8, 4) is 0 Å². The van der Waals surface area contributed by atoms with Crippen LogP contribution in [0, 0.1) is 0 Å². The van der Waals surface area contributed by atoms with Crippen LogP contribution in [0.4, 0.5) is 0 Å². The van der Waals surface area contributed by atoms with E-state index in [-0.39, 0.29) is 35.9 Å². The molecule has 0 saturated carbocycles. The summed E-state index contributed by atoms with van der Waals surface area (Å²) >= 11 is 0. The first-order valence-corrected chi connectivity index (χ1v) is 7.76. The summed E-state index contributed by atoms with van der Waals surface area (Å²) in [5.74, 6) is -0.750. The number of benzene rings is 1. The zero-order valence-electron chi connectivity index (χ0n) is 14.0. The van der Waals surface area contributed by atoms with Crippen LogP contribution in [0.25, 0.3) is 0 Å². The van der Waals surface area contributed by atoms with Crippen LogP contribution in [0.2, 0.25) is 0 Å². The molecule has 2 aromatic rings. The van der Waals surface area contributed by atoms with Crippen molar-refractivity contribution in [3.05, 3.63) is 53.3 Å². The van der Waals surface area contributed by atoms with Crippen molar-refractivity contribution >= 4 is 11.8 Å². The van der Waals surface area contributed by atoms with E-state index in [1.807, 2.05) is 37.3 Å².